The zero-order chi connectivity index (χ0) is 25.2. The second kappa shape index (κ2) is 10.3. The molecule has 0 amide bonds. The highest BCUT2D eigenvalue weighted by Gasteiger charge is 2.28. The van der Waals surface area contributed by atoms with Gasteiger partial charge in [-0.1, -0.05) is 48.5 Å². The van der Waals surface area contributed by atoms with Crippen LogP contribution in [0.4, 0.5) is 5.82 Å². The van der Waals surface area contributed by atoms with Gasteiger partial charge in [-0.2, -0.15) is 0 Å². The molecule has 2 aromatic carbocycles. The maximum absolute atomic E-state index is 12.9. The highest BCUT2D eigenvalue weighted by molar-refractivity contribution is 5.80. The van der Waals surface area contributed by atoms with Gasteiger partial charge in [0, 0.05) is 43.5 Å². The second-order valence-corrected chi connectivity index (χ2v) is 10.3. The Labute approximate surface area is 217 Å². The number of anilines is 1. The van der Waals surface area contributed by atoms with E-state index >= 15 is 0 Å². The van der Waals surface area contributed by atoms with Gasteiger partial charge in [0.15, 0.2) is 0 Å². The van der Waals surface area contributed by atoms with Crippen molar-refractivity contribution in [3.05, 3.63) is 99.7 Å². The van der Waals surface area contributed by atoms with E-state index < -0.39 is 0 Å². The maximum Gasteiger partial charge on any atom is 0.275 e. The predicted molar refractivity (Wildman–Crippen MR) is 149 cm³/mol. The van der Waals surface area contributed by atoms with Crippen LogP contribution in [0.2, 0.25) is 0 Å². The minimum Gasteiger partial charge on any atom is -0.354 e. The number of benzene rings is 2. The lowest BCUT2D eigenvalue weighted by atomic mass is 9.97. The topological polar surface area (TPSA) is 80.3 Å². The number of hydrogen-bond acceptors (Lipinski definition) is 6. The van der Waals surface area contributed by atoms with Gasteiger partial charge in [-0.05, 0) is 61.9 Å². The van der Waals surface area contributed by atoms with Gasteiger partial charge >= 0.3 is 0 Å². The van der Waals surface area contributed by atoms with Crippen LogP contribution >= 0.6 is 0 Å². The van der Waals surface area contributed by atoms with Crippen molar-refractivity contribution in [2.45, 2.75) is 38.0 Å². The molecule has 1 aliphatic heterocycles. The quantitative estimate of drug-likeness (QED) is 0.313. The lowest BCUT2D eigenvalue weighted by Crippen LogP contribution is -2.46. The van der Waals surface area contributed by atoms with E-state index in [1.165, 1.54) is 15.6 Å². The van der Waals surface area contributed by atoms with Crippen molar-refractivity contribution < 1.29 is 0 Å². The van der Waals surface area contributed by atoms with Gasteiger partial charge in [0.2, 0.25) is 0 Å². The van der Waals surface area contributed by atoms with Gasteiger partial charge in [0.25, 0.3) is 5.56 Å². The Hall–Kier alpha value is -3.71. The third-order valence-corrected chi connectivity index (χ3v) is 7.93. The van der Waals surface area contributed by atoms with Crippen LogP contribution in [-0.4, -0.2) is 52.3 Å². The number of unbranched alkanes of at least 4 members (excludes halogenated alkanes) is 1. The molecule has 0 saturated carbocycles. The molecular formula is C30H34N6O. The summed E-state index contributed by atoms with van der Waals surface area (Å²) in [6, 6.07) is 23.0. The maximum atomic E-state index is 12.9. The fraction of sp³-hybridized carbons (Fsp3) is 0.367. The average molecular weight is 495 g/mol. The van der Waals surface area contributed by atoms with Crippen molar-refractivity contribution in [3.63, 3.8) is 0 Å². The molecule has 1 fully saturated rings. The van der Waals surface area contributed by atoms with Crippen LogP contribution in [0.3, 0.4) is 0 Å². The molecule has 1 saturated heterocycles. The number of piperazine rings is 1. The summed E-state index contributed by atoms with van der Waals surface area (Å²) in [6.07, 6.45) is 4.31. The Morgan fingerprint density at radius 1 is 0.838 bits per heavy atom. The highest BCUT2D eigenvalue weighted by Crippen LogP contribution is 2.31. The third-order valence-electron chi connectivity index (χ3n) is 7.93. The zero-order valence-corrected chi connectivity index (χ0v) is 21.2. The first-order valence-electron chi connectivity index (χ1n) is 13.4. The number of aromatic nitrogens is 3. The largest absolute Gasteiger partial charge is 0.354 e. The average Bonchev–Trinajstić information content (AvgIpc) is 3.38. The number of pyridine rings is 1. The summed E-state index contributed by atoms with van der Waals surface area (Å²) >= 11 is 0. The van der Waals surface area contributed by atoms with E-state index in [4.69, 9.17) is 15.8 Å². The molecule has 7 nitrogen and oxygen atoms in total. The first-order chi connectivity index (χ1) is 18.2. The van der Waals surface area contributed by atoms with Crippen molar-refractivity contribution in [2.75, 3.05) is 43.5 Å². The third kappa shape index (κ3) is 4.96. The number of fused-ring (bicyclic) bond motifs is 2. The molecule has 4 aromatic rings. The first kappa shape index (κ1) is 23.7. The predicted octanol–water partition coefficient (Wildman–Crippen LogP) is 3.53. The lowest BCUT2D eigenvalue weighted by molar-refractivity contribution is 0.252. The van der Waals surface area contributed by atoms with E-state index in [-0.39, 0.29) is 5.56 Å². The molecule has 2 aliphatic rings. The first-order valence-corrected chi connectivity index (χ1v) is 13.4. The fourth-order valence-electron chi connectivity index (χ4n) is 5.78. The van der Waals surface area contributed by atoms with Crippen LogP contribution in [0.5, 0.6) is 0 Å². The van der Waals surface area contributed by atoms with Crippen molar-refractivity contribution in [2.24, 2.45) is 0 Å². The number of para-hydroxylation sites is 1. The zero-order valence-electron chi connectivity index (χ0n) is 21.2. The lowest BCUT2D eigenvalue weighted by Gasteiger charge is -2.35. The molecule has 37 heavy (non-hydrogen) atoms. The van der Waals surface area contributed by atoms with Gasteiger partial charge in [-0.3, -0.25) is 9.69 Å². The Bertz CT molecular complexity index is 1440. The van der Waals surface area contributed by atoms with E-state index in [0.717, 1.165) is 87.4 Å². The molecular weight excluding hydrogens is 460 g/mol. The van der Waals surface area contributed by atoms with Crippen LogP contribution in [0.15, 0.2) is 71.5 Å². The summed E-state index contributed by atoms with van der Waals surface area (Å²) in [7, 11) is 0. The highest BCUT2D eigenvalue weighted by atomic mass is 16.1. The molecule has 2 aromatic heterocycles. The molecule has 2 N–H and O–H groups in total. The van der Waals surface area contributed by atoms with Crippen LogP contribution in [0.1, 0.15) is 41.4 Å². The van der Waals surface area contributed by atoms with Crippen LogP contribution in [-0.2, 0) is 19.3 Å². The van der Waals surface area contributed by atoms with Gasteiger partial charge in [0.1, 0.15) is 11.6 Å². The summed E-state index contributed by atoms with van der Waals surface area (Å²) in [5.41, 5.74) is 3.97. The van der Waals surface area contributed by atoms with E-state index in [9.17, 15) is 4.79 Å². The smallest absolute Gasteiger partial charge is 0.275 e. The standard InChI is InChI=1S/C30H34N6O/c31-36-29(33-27-21-24(20-25(27)30(36)37)22-8-2-1-3-9-22)12-6-7-15-34-16-18-35(19-17-34)28-14-13-23-10-4-5-11-26(23)32-28/h1-5,8-11,13-14,24H,6-7,12,15-21,31H2. The summed E-state index contributed by atoms with van der Waals surface area (Å²) in [6.45, 7) is 5.10. The molecule has 1 atom stereocenters. The van der Waals surface area contributed by atoms with Crippen LogP contribution in [0, 0.1) is 0 Å². The number of nitrogens with two attached hydrogens (primary N) is 1. The Balaban J connectivity index is 0.998. The van der Waals surface area contributed by atoms with Crippen molar-refractivity contribution >= 4 is 16.7 Å². The van der Waals surface area contributed by atoms with Gasteiger partial charge < -0.3 is 10.7 Å². The Morgan fingerprint density at radius 2 is 1.62 bits per heavy atom. The molecule has 190 valence electrons. The summed E-state index contributed by atoms with van der Waals surface area (Å²) in [5, 5.41) is 1.18. The minimum absolute atomic E-state index is 0.0724. The molecule has 1 unspecified atom stereocenters. The summed E-state index contributed by atoms with van der Waals surface area (Å²) in [4.78, 5) is 27.5. The van der Waals surface area contributed by atoms with Gasteiger partial charge in [-0.15, -0.1) is 0 Å². The Morgan fingerprint density at radius 3 is 2.46 bits per heavy atom. The summed E-state index contributed by atoms with van der Waals surface area (Å²) in [5.74, 6) is 8.28. The van der Waals surface area contributed by atoms with Crippen molar-refractivity contribution in [1.82, 2.24) is 19.5 Å². The molecule has 1 aliphatic carbocycles. The second-order valence-electron chi connectivity index (χ2n) is 10.3. The minimum atomic E-state index is -0.0724. The van der Waals surface area contributed by atoms with E-state index in [1.54, 1.807) is 0 Å². The van der Waals surface area contributed by atoms with E-state index in [2.05, 4.69) is 64.4 Å². The number of nitrogens with zero attached hydrogens (tertiary/aromatic N) is 5. The van der Waals surface area contributed by atoms with Crippen LogP contribution in [0.25, 0.3) is 10.9 Å². The van der Waals surface area contributed by atoms with E-state index in [1.807, 2.05) is 12.1 Å². The molecule has 0 spiro atoms. The molecule has 3 heterocycles. The van der Waals surface area contributed by atoms with Gasteiger partial charge in [0.05, 0.1) is 11.2 Å². The molecule has 7 heteroatoms. The number of aryl methyl sites for hydroxylation is 1. The van der Waals surface area contributed by atoms with Crippen molar-refractivity contribution in [3.8, 4) is 0 Å². The van der Waals surface area contributed by atoms with E-state index in [0.29, 0.717) is 11.7 Å². The SMILES string of the molecule is Nn1c(CCCCN2CCN(c3ccc4ccccc4n3)CC2)nc2c(c1=O)CC(c1ccccc1)C2. The fourth-order valence-corrected chi connectivity index (χ4v) is 5.78. The van der Waals surface area contributed by atoms with Crippen LogP contribution < -0.4 is 16.3 Å². The Kier molecular flexibility index (Phi) is 6.62. The molecule has 0 bridgehead atoms. The van der Waals surface area contributed by atoms with Crippen molar-refractivity contribution in [1.29, 1.82) is 0 Å². The van der Waals surface area contributed by atoms with Gasteiger partial charge in [-0.25, -0.2) is 14.6 Å². The summed E-state index contributed by atoms with van der Waals surface area (Å²) < 4.78 is 1.29. The number of hydrogen-bond donors (Lipinski definition) is 1. The number of nitrogen functional groups attached to an aromatic ring is 1. The molecule has 6 rings (SSSR count). The monoisotopic (exact) mass is 494 g/mol. The normalized spacial score (nSPS) is 17.8. The molecule has 0 radical (unpaired) electrons. The number of rotatable bonds is 7.